The highest BCUT2D eigenvalue weighted by Gasteiger charge is 2.15. The van der Waals surface area contributed by atoms with E-state index in [2.05, 4.69) is 38.5 Å². The van der Waals surface area contributed by atoms with Gasteiger partial charge in [-0.15, -0.1) is 0 Å². The van der Waals surface area contributed by atoms with Crippen molar-refractivity contribution in [1.82, 2.24) is 9.97 Å². The number of hydrogen-bond acceptors (Lipinski definition) is 7. The van der Waals surface area contributed by atoms with E-state index < -0.39 is 5.91 Å². The average molecular weight is 545 g/mol. The molecule has 3 N–H and O–H groups in total. The Morgan fingerprint density at radius 1 is 1.00 bits per heavy atom. The van der Waals surface area contributed by atoms with Crippen molar-refractivity contribution in [2.75, 3.05) is 47.2 Å². The topological polar surface area (TPSA) is 91.4 Å². The van der Waals surface area contributed by atoms with Crippen LogP contribution in [0.25, 0.3) is 11.3 Å². The number of benzene rings is 3. The van der Waals surface area contributed by atoms with Crippen LogP contribution >= 0.6 is 11.6 Å². The lowest BCUT2D eigenvalue weighted by Crippen LogP contribution is -2.36. The number of carbonyl (C=O) groups is 1. The van der Waals surface area contributed by atoms with E-state index in [1.165, 1.54) is 12.1 Å². The van der Waals surface area contributed by atoms with Gasteiger partial charge in [0.05, 0.1) is 41.5 Å². The zero-order valence-electron chi connectivity index (χ0n) is 21.0. The van der Waals surface area contributed by atoms with Crippen LogP contribution in [-0.4, -0.2) is 42.2 Å². The van der Waals surface area contributed by atoms with E-state index in [1.54, 1.807) is 36.5 Å². The van der Waals surface area contributed by atoms with Crippen molar-refractivity contribution >= 4 is 51.9 Å². The molecule has 3 aromatic carbocycles. The van der Waals surface area contributed by atoms with Crippen LogP contribution in [0.5, 0.6) is 0 Å². The lowest BCUT2D eigenvalue weighted by Gasteiger charge is -2.29. The largest absolute Gasteiger partial charge is 0.378 e. The van der Waals surface area contributed by atoms with Crippen molar-refractivity contribution in [3.8, 4) is 11.3 Å². The van der Waals surface area contributed by atoms with Gasteiger partial charge in [0.25, 0.3) is 0 Å². The summed E-state index contributed by atoms with van der Waals surface area (Å²) in [7, 11) is 0. The van der Waals surface area contributed by atoms with E-state index in [0.29, 0.717) is 52.5 Å². The summed E-state index contributed by atoms with van der Waals surface area (Å²) in [5.41, 5.74) is 4.56. The number of aromatic nitrogens is 2. The number of amides is 1. The van der Waals surface area contributed by atoms with Gasteiger partial charge in [-0.1, -0.05) is 36.4 Å². The molecule has 0 radical (unpaired) electrons. The van der Waals surface area contributed by atoms with Gasteiger partial charge >= 0.3 is 0 Å². The van der Waals surface area contributed by atoms with Gasteiger partial charge in [-0.05, 0) is 54.6 Å². The van der Waals surface area contributed by atoms with Gasteiger partial charge in [0.1, 0.15) is 5.82 Å². The van der Waals surface area contributed by atoms with E-state index in [-0.39, 0.29) is 5.82 Å². The van der Waals surface area contributed by atoms with E-state index >= 15 is 0 Å². The number of carbonyl (C=O) groups excluding carboxylic acids is 1. The number of hydrogen-bond donors (Lipinski definition) is 3. The first-order valence-electron chi connectivity index (χ1n) is 12.3. The maximum atomic E-state index is 13.9. The highest BCUT2D eigenvalue weighted by atomic mass is 35.5. The maximum absolute atomic E-state index is 13.9. The minimum atomic E-state index is -0.391. The Hall–Kier alpha value is -4.47. The first-order chi connectivity index (χ1) is 19.0. The molecule has 10 heteroatoms. The summed E-state index contributed by atoms with van der Waals surface area (Å²) in [5.74, 6) is -0.403. The molecule has 0 unspecified atom stereocenters. The van der Waals surface area contributed by atoms with Gasteiger partial charge in [-0.2, -0.15) is 0 Å². The van der Waals surface area contributed by atoms with Crippen LogP contribution < -0.4 is 20.9 Å². The number of rotatable bonds is 8. The third kappa shape index (κ3) is 6.51. The fraction of sp³-hybridized carbons (Fsp3) is 0.138. The molecule has 1 aliphatic rings. The summed E-state index contributed by atoms with van der Waals surface area (Å²) < 4.78 is 19.3. The second-order valence-electron chi connectivity index (χ2n) is 8.75. The van der Waals surface area contributed by atoms with Crippen LogP contribution in [0.4, 0.5) is 38.8 Å². The fourth-order valence-electron chi connectivity index (χ4n) is 4.16. The second kappa shape index (κ2) is 11.9. The summed E-state index contributed by atoms with van der Waals surface area (Å²) in [6.45, 7) is 6.53. The molecule has 1 fully saturated rings. The van der Waals surface area contributed by atoms with Gasteiger partial charge in [-0.3, -0.25) is 4.79 Å². The zero-order chi connectivity index (χ0) is 27.2. The molecule has 0 bridgehead atoms. The van der Waals surface area contributed by atoms with E-state index in [1.807, 2.05) is 18.2 Å². The third-order valence-corrected chi connectivity index (χ3v) is 6.38. The SMILES string of the molecule is C=CC(=O)Nc1cc(-c2nc(Nc3cccc(N4CCOCC4)c3)ncc2Nc2cccc(F)c2)ccc1Cl. The number of morpholine rings is 1. The highest BCUT2D eigenvalue weighted by Crippen LogP contribution is 2.34. The molecule has 39 heavy (non-hydrogen) atoms. The summed E-state index contributed by atoms with van der Waals surface area (Å²) in [4.78, 5) is 23.5. The molecule has 1 amide bonds. The summed E-state index contributed by atoms with van der Waals surface area (Å²) in [5, 5.41) is 9.55. The van der Waals surface area contributed by atoms with E-state index in [9.17, 15) is 9.18 Å². The van der Waals surface area contributed by atoms with Crippen LogP contribution in [0.2, 0.25) is 5.02 Å². The lowest BCUT2D eigenvalue weighted by atomic mass is 10.1. The van der Waals surface area contributed by atoms with E-state index in [0.717, 1.165) is 30.5 Å². The predicted octanol–water partition coefficient (Wildman–Crippen LogP) is 6.38. The maximum Gasteiger partial charge on any atom is 0.247 e. The average Bonchev–Trinajstić information content (AvgIpc) is 2.95. The Morgan fingerprint density at radius 3 is 2.54 bits per heavy atom. The first-order valence-corrected chi connectivity index (χ1v) is 12.7. The fourth-order valence-corrected chi connectivity index (χ4v) is 4.32. The van der Waals surface area contributed by atoms with Gasteiger partial charge in [-0.25, -0.2) is 14.4 Å². The van der Waals surface area contributed by atoms with E-state index in [4.69, 9.17) is 21.3 Å². The molecule has 5 rings (SSSR count). The summed E-state index contributed by atoms with van der Waals surface area (Å²) in [6.07, 6.45) is 2.79. The molecule has 0 atom stereocenters. The van der Waals surface area contributed by atoms with Crippen LogP contribution in [0.3, 0.4) is 0 Å². The zero-order valence-corrected chi connectivity index (χ0v) is 21.7. The Balaban J connectivity index is 1.50. The monoisotopic (exact) mass is 544 g/mol. The summed E-state index contributed by atoms with van der Waals surface area (Å²) >= 11 is 6.33. The minimum Gasteiger partial charge on any atom is -0.378 e. The molecule has 1 saturated heterocycles. The lowest BCUT2D eigenvalue weighted by molar-refractivity contribution is -0.111. The van der Waals surface area contributed by atoms with Crippen molar-refractivity contribution in [3.05, 3.63) is 96.4 Å². The highest BCUT2D eigenvalue weighted by molar-refractivity contribution is 6.34. The normalized spacial score (nSPS) is 13.0. The smallest absolute Gasteiger partial charge is 0.247 e. The van der Waals surface area contributed by atoms with Crippen LogP contribution in [-0.2, 0) is 9.53 Å². The standard InChI is InChI=1S/C29H26ClFN6O2/c1-2-27(38)35-25-15-19(9-10-24(25)30)28-26(33-21-6-3-5-20(31)16-21)18-32-29(36-28)34-22-7-4-8-23(17-22)37-11-13-39-14-12-37/h2-10,15-18,33H,1,11-14H2,(H,35,38)(H,32,34,36). The quantitative estimate of drug-likeness (QED) is 0.222. The number of anilines is 6. The molecule has 1 aromatic heterocycles. The molecular formula is C29H26ClFN6O2. The van der Waals surface area contributed by atoms with Gasteiger partial charge < -0.3 is 25.6 Å². The molecule has 0 saturated carbocycles. The molecule has 2 heterocycles. The first kappa shape index (κ1) is 26.1. The Bertz CT molecular complexity index is 1510. The van der Waals surface area contributed by atoms with Crippen LogP contribution in [0.15, 0.2) is 85.6 Å². The molecular weight excluding hydrogens is 519 g/mol. The van der Waals surface area contributed by atoms with Crippen molar-refractivity contribution < 1.29 is 13.9 Å². The van der Waals surface area contributed by atoms with Crippen molar-refractivity contribution in [2.45, 2.75) is 0 Å². The third-order valence-electron chi connectivity index (χ3n) is 6.05. The number of nitrogens with one attached hydrogen (secondary N) is 3. The van der Waals surface area contributed by atoms with Gasteiger partial charge in [0.15, 0.2) is 0 Å². The minimum absolute atomic E-state index is 0.362. The van der Waals surface area contributed by atoms with Gasteiger partial charge in [0.2, 0.25) is 11.9 Å². The van der Waals surface area contributed by atoms with Crippen LogP contribution in [0, 0.1) is 5.82 Å². The Morgan fingerprint density at radius 2 is 1.77 bits per heavy atom. The molecule has 0 spiro atoms. The van der Waals surface area contributed by atoms with Gasteiger partial charge in [0, 0.05) is 35.7 Å². The van der Waals surface area contributed by atoms with Crippen molar-refractivity contribution in [3.63, 3.8) is 0 Å². The predicted molar refractivity (Wildman–Crippen MR) is 154 cm³/mol. The number of nitrogens with zero attached hydrogens (tertiary/aromatic N) is 3. The van der Waals surface area contributed by atoms with Crippen LogP contribution in [0.1, 0.15) is 0 Å². The number of halogens is 2. The van der Waals surface area contributed by atoms with Crippen molar-refractivity contribution in [2.24, 2.45) is 0 Å². The second-order valence-corrected chi connectivity index (χ2v) is 9.16. The number of ether oxygens (including phenoxy) is 1. The molecule has 0 aliphatic carbocycles. The Kier molecular flexibility index (Phi) is 8.00. The summed E-state index contributed by atoms with van der Waals surface area (Å²) in [6, 6.07) is 19.3. The molecule has 8 nitrogen and oxygen atoms in total. The van der Waals surface area contributed by atoms with Crippen molar-refractivity contribution in [1.29, 1.82) is 0 Å². The molecule has 198 valence electrons. The Labute approximate surface area is 230 Å². The molecule has 4 aromatic rings. The molecule has 1 aliphatic heterocycles.